The highest BCUT2D eigenvalue weighted by Gasteiger charge is 2.28. The number of nitrogens with one attached hydrogen (secondary N) is 1. The van der Waals surface area contributed by atoms with E-state index in [-0.39, 0.29) is 17.5 Å². The van der Waals surface area contributed by atoms with E-state index in [1.165, 1.54) is 10.6 Å². The van der Waals surface area contributed by atoms with E-state index in [4.69, 9.17) is 0 Å². The standard InChI is InChI=1S/C13H19N3O2/c1-14-9-11-4-3-6-16(11)13(18)10-5-7-15(2)12(17)8-10/h5,7-8,11,14H,3-4,6,9H2,1-2H3. The van der Waals surface area contributed by atoms with Crippen LogP contribution in [-0.2, 0) is 7.05 Å². The molecule has 1 atom stereocenters. The number of pyridine rings is 1. The normalized spacial score (nSPS) is 19.2. The zero-order valence-electron chi connectivity index (χ0n) is 10.8. The summed E-state index contributed by atoms with van der Waals surface area (Å²) >= 11 is 0. The smallest absolute Gasteiger partial charge is 0.254 e. The van der Waals surface area contributed by atoms with E-state index in [0.717, 1.165) is 25.9 Å². The minimum absolute atomic E-state index is 0.0366. The van der Waals surface area contributed by atoms with Crippen molar-refractivity contribution in [2.24, 2.45) is 7.05 Å². The number of amides is 1. The van der Waals surface area contributed by atoms with Crippen LogP contribution >= 0.6 is 0 Å². The van der Waals surface area contributed by atoms with Gasteiger partial charge in [0.15, 0.2) is 0 Å². The maximum atomic E-state index is 12.3. The lowest BCUT2D eigenvalue weighted by molar-refractivity contribution is 0.0736. The summed E-state index contributed by atoms with van der Waals surface area (Å²) in [7, 11) is 3.56. The van der Waals surface area contributed by atoms with E-state index in [9.17, 15) is 9.59 Å². The molecule has 1 aromatic rings. The van der Waals surface area contributed by atoms with Crippen LogP contribution in [0.15, 0.2) is 23.1 Å². The van der Waals surface area contributed by atoms with Crippen LogP contribution in [-0.4, -0.2) is 41.6 Å². The molecule has 0 radical (unpaired) electrons. The molecule has 98 valence electrons. The monoisotopic (exact) mass is 249 g/mol. The van der Waals surface area contributed by atoms with E-state index in [1.807, 2.05) is 11.9 Å². The third kappa shape index (κ3) is 2.46. The molecule has 2 heterocycles. The molecule has 1 aliphatic rings. The topological polar surface area (TPSA) is 54.3 Å². The van der Waals surface area contributed by atoms with Crippen molar-refractivity contribution >= 4 is 5.91 Å². The van der Waals surface area contributed by atoms with Gasteiger partial charge < -0.3 is 14.8 Å². The van der Waals surface area contributed by atoms with E-state index >= 15 is 0 Å². The predicted octanol–water partition coefficient (Wildman–Crippen LogP) is 0.209. The Balaban J connectivity index is 2.20. The summed E-state index contributed by atoms with van der Waals surface area (Å²) in [6.07, 6.45) is 3.69. The van der Waals surface area contributed by atoms with Gasteiger partial charge in [0.1, 0.15) is 0 Å². The van der Waals surface area contributed by atoms with Crippen LogP contribution in [0.2, 0.25) is 0 Å². The lowest BCUT2D eigenvalue weighted by Crippen LogP contribution is -2.41. The number of aromatic nitrogens is 1. The number of carbonyl (C=O) groups excluding carboxylic acids is 1. The van der Waals surface area contributed by atoms with E-state index in [1.54, 1.807) is 19.3 Å². The molecule has 5 heteroatoms. The van der Waals surface area contributed by atoms with Crippen LogP contribution in [0.25, 0.3) is 0 Å². The maximum Gasteiger partial charge on any atom is 0.254 e. The summed E-state index contributed by atoms with van der Waals surface area (Å²) in [4.78, 5) is 25.8. The molecule has 1 unspecified atom stereocenters. The van der Waals surface area contributed by atoms with E-state index in [2.05, 4.69) is 5.32 Å². The van der Waals surface area contributed by atoms with Crippen LogP contribution in [0, 0.1) is 0 Å². The number of hydrogen-bond donors (Lipinski definition) is 1. The Bertz CT molecular complexity index is 495. The van der Waals surface area contributed by atoms with Crippen molar-refractivity contribution in [1.29, 1.82) is 0 Å². The first kappa shape index (κ1) is 12.8. The number of rotatable bonds is 3. The first-order valence-electron chi connectivity index (χ1n) is 6.25. The van der Waals surface area contributed by atoms with Crippen LogP contribution < -0.4 is 10.9 Å². The molecule has 5 nitrogen and oxygen atoms in total. The summed E-state index contributed by atoms with van der Waals surface area (Å²) < 4.78 is 1.46. The van der Waals surface area contributed by atoms with Gasteiger partial charge in [0.2, 0.25) is 0 Å². The quantitative estimate of drug-likeness (QED) is 0.833. The van der Waals surface area contributed by atoms with Gasteiger partial charge in [-0.25, -0.2) is 0 Å². The van der Waals surface area contributed by atoms with Gasteiger partial charge in [0.05, 0.1) is 0 Å². The molecule has 18 heavy (non-hydrogen) atoms. The Morgan fingerprint density at radius 2 is 2.33 bits per heavy atom. The Morgan fingerprint density at radius 1 is 1.56 bits per heavy atom. The molecule has 0 aromatic carbocycles. The fraction of sp³-hybridized carbons (Fsp3) is 0.538. The minimum Gasteiger partial charge on any atom is -0.334 e. The number of carbonyl (C=O) groups is 1. The van der Waals surface area contributed by atoms with Crippen molar-refractivity contribution < 1.29 is 4.79 Å². The highest BCUT2D eigenvalue weighted by Crippen LogP contribution is 2.19. The number of likely N-dealkylation sites (N-methyl/N-ethyl adjacent to an activating group) is 1. The third-order valence-electron chi connectivity index (χ3n) is 3.43. The van der Waals surface area contributed by atoms with Crippen LogP contribution in [0.5, 0.6) is 0 Å². The molecular weight excluding hydrogens is 230 g/mol. The van der Waals surface area contributed by atoms with Crippen LogP contribution in [0.1, 0.15) is 23.2 Å². The number of likely N-dealkylation sites (tertiary alicyclic amines) is 1. The summed E-state index contributed by atoms with van der Waals surface area (Å²) in [6, 6.07) is 3.36. The van der Waals surface area contributed by atoms with Gasteiger partial charge in [0.25, 0.3) is 11.5 Å². The maximum absolute atomic E-state index is 12.3. The van der Waals surface area contributed by atoms with Crippen molar-refractivity contribution in [3.8, 4) is 0 Å². The summed E-state index contributed by atoms with van der Waals surface area (Å²) in [5.41, 5.74) is 0.339. The van der Waals surface area contributed by atoms with E-state index < -0.39 is 0 Å². The number of hydrogen-bond acceptors (Lipinski definition) is 3. The van der Waals surface area contributed by atoms with Gasteiger partial charge in [0, 0.05) is 44.0 Å². The van der Waals surface area contributed by atoms with Crippen molar-refractivity contribution in [3.63, 3.8) is 0 Å². The fourth-order valence-electron chi connectivity index (χ4n) is 2.40. The first-order valence-corrected chi connectivity index (χ1v) is 6.25. The van der Waals surface area contributed by atoms with Gasteiger partial charge in [-0.1, -0.05) is 0 Å². The average molecular weight is 249 g/mol. The molecule has 0 aliphatic carbocycles. The molecule has 1 aliphatic heterocycles. The second-order valence-corrected chi connectivity index (χ2v) is 4.72. The zero-order chi connectivity index (χ0) is 13.1. The van der Waals surface area contributed by atoms with Crippen molar-refractivity contribution in [2.45, 2.75) is 18.9 Å². The van der Waals surface area contributed by atoms with Gasteiger partial charge in [-0.3, -0.25) is 9.59 Å². The second kappa shape index (κ2) is 5.35. The highest BCUT2D eigenvalue weighted by atomic mass is 16.2. The van der Waals surface area contributed by atoms with Crippen LogP contribution in [0.3, 0.4) is 0 Å². The molecule has 1 N–H and O–H groups in total. The summed E-state index contributed by atoms with van der Waals surface area (Å²) in [5, 5.41) is 3.11. The molecule has 2 rings (SSSR count). The minimum atomic E-state index is -0.148. The fourth-order valence-corrected chi connectivity index (χ4v) is 2.40. The predicted molar refractivity (Wildman–Crippen MR) is 69.7 cm³/mol. The van der Waals surface area contributed by atoms with Crippen LogP contribution in [0.4, 0.5) is 0 Å². The average Bonchev–Trinajstić information content (AvgIpc) is 2.80. The first-order chi connectivity index (χ1) is 8.63. The molecule has 0 bridgehead atoms. The largest absolute Gasteiger partial charge is 0.334 e. The molecule has 1 saturated heterocycles. The second-order valence-electron chi connectivity index (χ2n) is 4.72. The molecule has 0 saturated carbocycles. The van der Waals surface area contributed by atoms with Gasteiger partial charge in [-0.05, 0) is 26.0 Å². The Hall–Kier alpha value is -1.62. The third-order valence-corrected chi connectivity index (χ3v) is 3.43. The summed E-state index contributed by atoms with van der Waals surface area (Å²) in [5.74, 6) is -0.0366. The number of nitrogens with zero attached hydrogens (tertiary/aromatic N) is 2. The number of aryl methyl sites for hydroxylation is 1. The molecule has 1 aromatic heterocycles. The zero-order valence-corrected chi connectivity index (χ0v) is 10.8. The Labute approximate surface area is 106 Å². The molecular formula is C13H19N3O2. The van der Waals surface area contributed by atoms with Gasteiger partial charge in [-0.15, -0.1) is 0 Å². The molecule has 0 spiro atoms. The Kier molecular flexibility index (Phi) is 3.81. The lowest BCUT2D eigenvalue weighted by Gasteiger charge is -2.24. The van der Waals surface area contributed by atoms with Crippen molar-refractivity contribution in [1.82, 2.24) is 14.8 Å². The van der Waals surface area contributed by atoms with Crippen molar-refractivity contribution in [2.75, 3.05) is 20.1 Å². The SMILES string of the molecule is CNCC1CCCN1C(=O)c1ccn(C)c(=O)c1. The molecule has 1 amide bonds. The van der Waals surface area contributed by atoms with Gasteiger partial charge >= 0.3 is 0 Å². The summed E-state index contributed by atoms with van der Waals surface area (Å²) in [6.45, 7) is 1.58. The van der Waals surface area contributed by atoms with E-state index in [0.29, 0.717) is 5.56 Å². The highest BCUT2D eigenvalue weighted by molar-refractivity contribution is 5.94. The van der Waals surface area contributed by atoms with Crippen molar-refractivity contribution in [3.05, 3.63) is 34.2 Å². The lowest BCUT2D eigenvalue weighted by atomic mass is 10.2. The Morgan fingerprint density at radius 3 is 3.00 bits per heavy atom. The molecule has 1 fully saturated rings. The van der Waals surface area contributed by atoms with Gasteiger partial charge in [-0.2, -0.15) is 0 Å².